The van der Waals surface area contributed by atoms with Crippen LogP contribution in [-0.4, -0.2) is 32.6 Å². The Hall–Kier alpha value is -1.81. The van der Waals surface area contributed by atoms with Crippen molar-refractivity contribution in [1.29, 1.82) is 0 Å². The highest BCUT2D eigenvalue weighted by Crippen LogP contribution is 2.20. The van der Waals surface area contributed by atoms with Gasteiger partial charge in [-0.15, -0.1) is 24.0 Å². The van der Waals surface area contributed by atoms with Crippen LogP contribution in [0.1, 0.15) is 17.5 Å². The first-order valence-corrected chi connectivity index (χ1v) is 9.44. The van der Waals surface area contributed by atoms with E-state index in [2.05, 4.69) is 36.9 Å². The molecule has 2 aromatic rings. The predicted molar refractivity (Wildman–Crippen MR) is 129 cm³/mol. The molecule has 2 rings (SSSR count). The van der Waals surface area contributed by atoms with E-state index in [1.54, 1.807) is 14.2 Å². The van der Waals surface area contributed by atoms with Crippen molar-refractivity contribution in [3.63, 3.8) is 0 Å². The molecule has 6 nitrogen and oxygen atoms in total. The van der Waals surface area contributed by atoms with E-state index in [0.717, 1.165) is 27.0 Å². The first-order valence-electron chi connectivity index (χ1n) is 8.65. The van der Waals surface area contributed by atoms with E-state index in [1.165, 1.54) is 0 Å². The first-order chi connectivity index (χ1) is 13.0. The largest absolute Gasteiger partial charge is 0.497 e. The highest BCUT2D eigenvalue weighted by molar-refractivity contribution is 14.0. The highest BCUT2D eigenvalue weighted by Gasteiger charge is 2.06. The summed E-state index contributed by atoms with van der Waals surface area (Å²) in [4.78, 5) is 16.3. The number of carbonyl (C=O) groups is 1. The summed E-state index contributed by atoms with van der Waals surface area (Å²) >= 11 is 3.42. The van der Waals surface area contributed by atoms with Gasteiger partial charge in [0.25, 0.3) is 0 Å². The van der Waals surface area contributed by atoms with Gasteiger partial charge in [-0.25, -0.2) is 0 Å². The summed E-state index contributed by atoms with van der Waals surface area (Å²) < 4.78 is 6.14. The van der Waals surface area contributed by atoms with Gasteiger partial charge in [0.1, 0.15) is 5.75 Å². The minimum Gasteiger partial charge on any atom is -0.497 e. The number of nitrogens with zero attached hydrogens (tertiary/aromatic N) is 1. The molecule has 0 bridgehead atoms. The maximum atomic E-state index is 12.1. The summed E-state index contributed by atoms with van der Waals surface area (Å²) in [5.74, 6) is 1.44. The normalized spacial score (nSPS) is 10.6. The SMILES string of the molecule is CN=C(NCCC(=O)Nc1ccc(Br)cc1C)NCc1ccc(OC)cc1.I. The molecule has 28 heavy (non-hydrogen) atoms. The number of anilines is 1. The van der Waals surface area contributed by atoms with Gasteiger partial charge in [-0.05, 0) is 48.4 Å². The number of nitrogens with one attached hydrogen (secondary N) is 3. The molecule has 2 aromatic carbocycles. The number of aryl methyl sites for hydroxylation is 1. The predicted octanol–water partition coefficient (Wildman–Crippen LogP) is 4.08. The van der Waals surface area contributed by atoms with Crippen molar-refractivity contribution in [3.8, 4) is 5.75 Å². The molecule has 0 aliphatic carbocycles. The topological polar surface area (TPSA) is 74.8 Å². The summed E-state index contributed by atoms with van der Waals surface area (Å²) in [6.07, 6.45) is 0.346. The number of ether oxygens (including phenoxy) is 1. The van der Waals surface area contributed by atoms with Crippen LogP contribution < -0.4 is 20.7 Å². The summed E-state index contributed by atoms with van der Waals surface area (Å²) in [5.41, 5.74) is 2.95. The average Bonchev–Trinajstić information content (AvgIpc) is 2.67. The molecule has 3 N–H and O–H groups in total. The smallest absolute Gasteiger partial charge is 0.226 e. The van der Waals surface area contributed by atoms with Gasteiger partial charge in [-0.2, -0.15) is 0 Å². The number of benzene rings is 2. The Morgan fingerprint density at radius 3 is 2.46 bits per heavy atom. The molecule has 0 radical (unpaired) electrons. The maximum absolute atomic E-state index is 12.1. The fourth-order valence-electron chi connectivity index (χ4n) is 2.42. The van der Waals surface area contributed by atoms with Gasteiger partial charge < -0.3 is 20.7 Å². The average molecular weight is 561 g/mol. The Bertz CT molecular complexity index is 797. The van der Waals surface area contributed by atoms with E-state index in [-0.39, 0.29) is 29.9 Å². The zero-order valence-corrected chi connectivity index (χ0v) is 20.1. The molecular weight excluding hydrogens is 535 g/mol. The van der Waals surface area contributed by atoms with E-state index < -0.39 is 0 Å². The van der Waals surface area contributed by atoms with Crippen LogP contribution in [0.3, 0.4) is 0 Å². The van der Waals surface area contributed by atoms with Crippen molar-refractivity contribution in [2.45, 2.75) is 19.9 Å². The van der Waals surface area contributed by atoms with E-state index in [9.17, 15) is 4.79 Å². The lowest BCUT2D eigenvalue weighted by Crippen LogP contribution is -2.38. The quantitative estimate of drug-likeness (QED) is 0.271. The number of rotatable bonds is 7. The summed E-state index contributed by atoms with van der Waals surface area (Å²) in [6.45, 7) is 3.08. The number of guanidine groups is 1. The monoisotopic (exact) mass is 560 g/mol. The lowest BCUT2D eigenvalue weighted by atomic mass is 10.2. The number of hydrogen-bond donors (Lipinski definition) is 3. The summed E-state index contributed by atoms with van der Waals surface area (Å²) in [6, 6.07) is 13.6. The Balaban J connectivity index is 0.00000392. The number of carbonyl (C=O) groups excluding carboxylic acids is 1. The van der Waals surface area contributed by atoms with E-state index >= 15 is 0 Å². The van der Waals surface area contributed by atoms with Crippen LogP contribution in [0.2, 0.25) is 0 Å². The summed E-state index contributed by atoms with van der Waals surface area (Å²) in [7, 11) is 3.35. The van der Waals surface area contributed by atoms with Crippen molar-refractivity contribution >= 4 is 57.5 Å². The Morgan fingerprint density at radius 1 is 1.14 bits per heavy atom. The second-order valence-electron chi connectivity index (χ2n) is 5.96. The second-order valence-corrected chi connectivity index (χ2v) is 6.87. The molecule has 0 saturated heterocycles. The zero-order chi connectivity index (χ0) is 19.6. The molecule has 152 valence electrons. The standard InChI is InChI=1S/C20H25BrN4O2.HI/c1-14-12-16(21)6-9-18(14)25-19(26)10-11-23-20(22-2)24-13-15-4-7-17(27-3)8-5-15;/h4-9,12H,10-11,13H2,1-3H3,(H,25,26)(H2,22,23,24);1H. The fourth-order valence-corrected chi connectivity index (χ4v) is 2.90. The number of aliphatic imine (C=N–C) groups is 1. The third-order valence-electron chi connectivity index (χ3n) is 3.95. The summed E-state index contributed by atoms with van der Waals surface area (Å²) in [5, 5.41) is 9.30. The molecule has 8 heteroatoms. The Morgan fingerprint density at radius 2 is 1.86 bits per heavy atom. The van der Waals surface area contributed by atoms with Crippen molar-refractivity contribution in [1.82, 2.24) is 10.6 Å². The van der Waals surface area contributed by atoms with Crippen molar-refractivity contribution in [3.05, 3.63) is 58.1 Å². The van der Waals surface area contributed by atoms with E-state index in [4.69, 9.17) is 4.74 Å². The molecular formula is C20H26BrIN4O2. The molecule has 0 spiro atoms. The van der Waals surface area contributed by atoms with Crippen molar-refractivity contribution in [2.75, 3.05) is 26.0 Å². The molecule has 0 aliphatic heterocycles. The lowest BCUT2D eigenvalue weighted by Gasteiger charge is -2.13. The van der Waals surface area contributed by atoms with Crippen molar-refractivity contribution < 1.29 is 9.53 Å². The number of methoxy groups -OCH3 is 1. The van der Waals surface area contributed by atoms with Gasteiger partial charge in [0.15, 0.2) is 5.96 Å². The van der Waals surface area contributed by atoms with Crippen LogP contribution >= 0.6 is 39.9 Å². The fraction of sp³-hybridized carbons (Fsp3) is 0.300. The third kappa shape index (κ3) is 8.05. The van der Waals surface area contributed by atoms with Gasteiger partial charge in [0.2, 0.25) is 5.91 Å². The molecule has 0 aromatic heterocycles. The van der Waals surface area contributed by atoms with Crippen LogP contribution in [0.5, 0.6) is 5.75 Å². The van der Waals surface area contributed by atoms with Crippen LogP contribution in [-0.2, 0) is 11.3 Å². The van der Waals surface area contributed by atoms with Gasteiger partial charge in [-0.1, -0.05) is 28.1 Å². The Labute approximate surface area is 191 Å². The molecule has 1 amide bonds. The van der Waals surface area contributed by atoms with Crippen LogP contribution in [0.15, 0.2) is 51.9 Å². The number of halogens is 2. The van der Waals surface area contributed by atoms with Gasteiger partial charge >= 0.3 is 0 Å². The highest BCUT2D eigenvalue weighted by atomic mass is 127. The van der Waals surface area contributed by atoms with Crippen molar-refractivity contribution in [2.24, 2.45) is 4.99 Å². The molecule has 0 heterocycles. The van der Waals surface area contributed by atoms with E-state index in [1.807, 2.05) is 49.4 Å². The molecule has 0 aliphatic rings. The van der Waals surface area contributed by atoms with Crippen LogP contribution in [0.25, 0.3) is 0 Å². The minimum atomic E-state index is -0.0430. The van der Waals surface area contributed by atoms with E-state index in [0.29, 0.717) is 25.5 Å². The number of hydrogen-bond acceptors (Lipinski definition) is 3. The van der Waals surface area contributed by atoms with Crippen LogP contribution in [0.4, 0.5) is 5.69 Å². The third-order valence-corrected chi connectivity index (χ3v) is 4.44. The molecule has 0 atom stereocenters. The Kier molecular flexibility index (Phi) is 10.9. The van der Waals surface area contributed by atoms with Gasteiger partial charge in [0, 0.05) is 36.7 Å². The molecule has 0 unspecified atom stereocenters. The first kappa shape index (κ1) is 24.2. The number of amides is 1. The zero-order valence-electron chi connectivity index (χ0n) is 16.2. The lowest BCUT2D eigenvalue weighted by molar-refractivity contribution is -0.116. The van der Waals surface area contributed by atoms with Gasteiger partial charge in [-0.3, -0.25) is 9.79 Å². The second kappa shape index (κ2) is 12.6. The minimum absolute atomic E-state index is 0. The maximum Gasteiger partial charge on any atom is 0.226 e. The van der Waals surface area contributed by atoms with Crippen LogP contribution in [0, 0.1) is 6.92 Å². The molecule has 0 fully saturated rings. The molecule has 0 saturated carbocycles. The van der Waals surface area contributed by atoms with Gasteiger partial charge in [0.05, 0.1) is 7.11 Å².